The second kappa shape index (κ2) is 1.97. The SMILES string of the molecule is NC1CC(O)(C2(O)CCC2)C1. The van der Waals surface area contributed by atoms with Gasteiger partial charge in [-0.1, -0.05) is 0 Å². The van der Waals surface area contributed by atoms with Gasteiger partial charge in [-0.3, -0.25) is 0 Å². The average Bonchev–Trinajstić information content (AvgIpc) is 1.79. The Bertz CT molecular complexity index is 171. The minimum absolute atomic E-state index is 0.102. The molecule has 0 atom stereocenters. The number of aliphatic hydroxyl groups is 2. The summed E-state index contributed by atoms with van der Waals surface area (Å²) in [7, 11) is 0. The van der Waals surface area contributed by atoms with Gasteiger partial charge in [-0.2, -0.15) is 0 Å². The third-order valence-electron chi connectivity index (χ3n) is 3.25. The molecule has 2 fully saturated rings. The molecule has 2 aliphatic rings. The van der Waals surface area contributed by atoms with E-state index in [1.165, 1.54) is 0 Å². The third-order valence-corrected chi connectivity index (χ3v) is 3.25. The van der Waals surface area contributed by atoms with Gasteiger partial charge in [0.2, 0.25) is 0 Å². The van der Waals surface area contributed by atoms with Crippen molar-refractivity contribution in [1.29, 1.82) is 0 Å². The first-order valence-corrected chi connectivity index (χ1v) is 4.26. The summed E-state index contributed by atoms with van der Waals surface area (Å²) in [5.41, 5.74) is 3.93. The molecular weight excluding hydrogens is 142 g/mol. The Balaban J connectivity index is 2.04. The predicted octanol–water partition coefficient (Wildman–Crippen LogP) is -0.246. The van der Waals surface area contributed by atoms with Crippen LogP contribution >= 0.6 is 0 Å². The molecule has 0 aromatic heterocycles. The molecule has 0 amide bonds. The van der Waals surface area contributed by atoms with Crippen LogP contribution in [-0.4, -0.2) is 27.5 Å². The van der Waals surface area contributed by atoms with Crippen molar-refractivity contribution >= 4 is 0 Å². The largest absolute Gasteiger partial charge is 0.387 e. The Hall–Kier alpha value is -0.120. The molecule has 2 aliphatic carbocycles. The summed E-state index contributed by atoms with van der Waals surface area (Å²) in [5.74, 6) is 0. The minimum Gasteiger partial charge on any atom is -0.387 e. The summed E-state index contributed by atoms with van der Waals surface area (Å²) in [4.78, 5) is 0. The van der Waals surface area contributed by atoms with Gasteiger partial charge in [0.15, 0.2) is 0 Å². The molecular formula is C8H15NO2. The quantitative estimate of drug-likeness (QED) is 0.492. The number of hydrogen-bond donors (Lipinski definition) is 3. The number of hydrogen-bond acceptors (Lipinski definition) is 3. The first-order valence-electron chi connectivity index (χ1n) is 4.26. The van der Waals surface area contributed by atoms with E-state index < -0.39 is 11.2 Å². The van der Waals surface area contributed by atoms with Crippen LogP contribution in [0.2, 0.25) is 0 Å². The van der Waals surface area contributed by atoms with Crippen LogP contribution in [0.4, 0.5) is 0 Å². The lowest BCUT2D eigenvalue weighted by atomic mass is 9.58. The monoisotopic (exact) mass is 157 g/mol. The minimum atomic E-state index is -0.843. The van der Waals surface area contributed by atoms with Gasteiger partial charge in [-0.25, -0.2) is 0 Å². The van der Waals surface area contributed by atoms with E-state index in [4.69, 9.17) is 5.73 Å². The summed E-state index contributed by atoms with van der Waals surface area (Å²) < 4.78 is 0. The Morgan fingerprint density at radius 1 is 1.09 bits per heavy atom. The zero-order chi connectivity index (χ0) is 8.11. The molecule has 0 aliphatic heterocycles. The molecule has 3 heteroatoms. The standard InChI is InChI=1S/C8H15NO2/c9-6-4-8(11,5-6)7(10)2-1-3-7/h6,10-11H,1-5,9H2. The second-order valence-electron chi connectivity index (χ2n) is 4.09. The molecule has 64 valence electrons. The van der Waals surface area contributed by atoms with Crippen molar-refractivity contribution in [3.05, 3.63) is 0 Å². The van der Waals surface area contributed by atoms with E-state index in [0.717, 1.165) is 19.3 Å². The van der Waals surface area contributed by atoms with Crippen LogP contribution in [0, 0.1) is 0 Å². The van der Waals surface area contributed by atoms with Crippen molar-refractivity contribution in [2.24, 2.45) is 5.73 Å². The lowest BCUT2D eigenvalue weighted by Gasteiger charge is -2.56. The molecule has 0 bridgehead atoms. The maximum atomic E-state index is 9.83. The van der Waals surface area contributed by atoms with Gasteiger partial charge < -0.3 is 15.9 Å². The van der Waals surface area contributed by atoms with Crippen LogP contribution in [0.15, 0.2) is 0 Å². The summed E-state index contributed by atoms with van der Waals surface area (Å²) >= 11 is 0. The average molecular weight is 157 g/mol. The Labute approximate surface area is 66.2 Å². The molecule has 4 N–H and O–H groups in total. The maximum absolute atomic E-state index is 9.83. The van der Waals surface area contributed by atoms with Crippen molar-refractivity contribution in [2.45, 2.75) is 49.3 Å². The Morgan fingerprint density at radius 3 is 1.91 bits per heavy atom. The highest BCUT2D eigenvalue weighted by molar-refractivity contribution is 5.12. The fourth-order valence-corrected chi connectivity index (χ4v) is 2.16. The maximum Gasteiger partial charge on any atom is 0.0962 e. The number of nitrogens with two attached hydrogens (primary N) is 1. The zero-order valence-electron chi connectivity index (χ0n) is 6.58. The molecule has 0 saturated heterocycles. The van der Waals surface area contributed by atoms with Crippen molar-refractivity contribution in [2.75, 3.05) is 0 Å². The molecule has 0 heterocycles. The van der Waals surface area contributed by atoms with Crippen LogP contribution in [0.25, 0.3) is 0 Å². The van der Waals surface area contributed by atoms with Gasteiger partial charge in [0.1, 0.15) is 0 Å². The highest BCUT2D eigenvalue weighted by Crippen LogP contribution is 2.49. The summed E-state index contributed by atoms with van der Waals surface area (Å²) in [5, 5.41) is 19.6. The lowest BCUT2D eigenvalue weighted by Crippen LogP contribution is -2.67. The van der Waals surface area contributed by atoms with Gasteiger partial charge >= 0.3 is 0 Å². The van der Waals surface area contributed by atoms with Crippen molar-refractivity contribution in [1.82, 2.24) is 0 Å². The summed E-state index contributed by atoms with van der Waals surface area (Å²) in [6, 6.07) is 0.102. The van der Waals surface area contributed by atoms with Gasteiger partial charge in [-0.05, 0) is 32.1 Å². The molecule has 0 spiro atoms. The third kappa shape index (κ3) is 0.849. The topological polar surface area (TPSA) is 66.5 Å². The van der Waals surface area contributed by atoms with Crippen LogP contribution in [0.1, 0.15) is 32.1 Å². The molecule has 0 radical (unpaired) electrons. The van der Waals surface area contributed by atoms with E-state index in [-0.39, 0.29) is 6.04 Å². The van der Waals surface area contributed by atoms with E-state index in [9.17, 15) is 10.2 Å². The van der Waals surface area contributed by atoms with Crippen molar-refractivity contribution in [3.8, 4) is 0 Å². The van der Waals surface area contributed by atoms with Gasteiger partial charge in [0, 0.05) is 6.04 Å². The Kier molecular flexibility index (Phi) is 1.35. The number of rotatable bonds is 1. The highest BCUT2D eigenvalue weighted by atomic mass is 16.4. The van der Waals surface area contributed by atoms with Crippen LogP contribution in [0.3, 0.4) is 0 Å². The molecule has 0 unspecified atom stereocenters. The second-order valence-corrected chi connectivity index (χ2v) is 4.09. The highest BCUT2D eigenvalue weighted by Gasteiger charge is 2.58. The summed E-state index contributed by atoms with van der Waals surface area (Å²) in [6.07, 6.45) is 3.67. The van der Waals surface area contributed by atoms with E-state index in [1.807, 2.05) is 0 Å². The first-order chi connectivity index (χ1) is 5.06. The normalized spacial score (nSPS) is 47.7. The summed E-state index contributed by atoms with van der Waals surface area (Å²) in [6.45, 7) is 0. The molecule has 0 aromatic rings. The van der Waals surface area contributed by atoms with Gasteiger partial charge in [-0.15, -0.1) is 0 Å². The van der Waals surface area contributed by atoms with E-state index in [2.05, 4.69) is 0 Å². The smallest absolute Gasteiger partial charge is 0.0962 e. The van der Waals surface area contributed by atoms with Gasteiger partial charge in [0.05, 0.1) is 11.2 Å². The fourth-order valence-electron chi connectivity index (χ4n) is 2.16. The lowest BCUT2D eigenvalue weighted by molar-refractivity contribution is -0.229. The van der Waals surface area contributed by atoms with Gasteiger partial charge in [0.25, 0.3) is 0 Å². The van der Waals surface area contributed by atoms with Crippen LogP contribution < -0.4 is 5.73 Å². The Morgan fingerprint density at radius 2 is 1.64 bits per heavy atom. The van der Waals surface area contributed by atoms with Crippen molar-refractivity contribution in [3.63, 3.8) is 0 Å². The molecule has 11 heavy (non-hydrogen) atoms. The van der Waals surface area contributed by atoms with Crippen LogP contribution in [-0.2, 0) is 0 Å². The predicted molar refractivity (Wildman–Crippen MR) is 41.0 cm³/mol. The van der Waals surface area contributed by atoms with Crippen molar-refractivity contribution < 1.29 is 10.2 Å². The molecule has 2 rings (SSSR count). The van der Waals surface area contributed by atoms with E-state index >= 15 is 0 Å². The first kappa shape index (κ1) is 7.53. The zero-order valence-corrected chi connectivity index (χ0v) is 6.58. The fraction of sp³-hybridized carbons (Fsp3) is 1.00. The molecule has 3 nitrogen and oxygen atoms in total. The van der Waals surface area contributed by atoms with Crippen LogP contribution in [0.5, 0.6) is 0 Å². The van der Waals surface area contributed by atoms with E-state index in [1.54, 1.807) is 0 Å². The van der Waals surface area contributed by atoms with E-state index in [0.29, 0.717) is 12.8 Å². The molecule has 2 saturated carbocycles. The molecule has 0 aromatic carbocycles.